The Balaban J connectivity index is 3.00. The summed E-state index contributed by atoms with van der Waals surface area (Å²) in [5.74, 6) is 3.66. The van der Waals surface area contributed by atoms with Crippen molar-refractivity contribution >= 4 is 33.9 Å². The van der Waals surface area contributed by atoms with Crippen molar-refractivity contribution in [3.05, 3.63) is 24.0 Å². The highest BCUT2D eigenvalue weighted by Gasteiger charge is 2.02. The van der Waals surface area contributed by atoms with E-state index in [-0.39, 0.29) is 0 Å². The molecular formula is C5H5Cl2P. The first kappa shape index (κ1) is 6.48. The Morgan fingerprint density at radius 3 is 2.00 bits per heavy atom. The van der Waals surface area contributed by atoms with Gasteiger partial charge in [-0.15, -0.1) is 0 Å². The van der Waals surface area contributed by atoms with E-state index >= 15 is 0 Å². The molecule has 0 aromatic heterocycles. The summed E-state index contributed by atoms with van der Waals surface area (Å²) >= 11 is 11.5. The molecular weight excluding hydrogens is 162 g/mol. The van der Waals surface area contributed by atoms with Crippen LogP contribution < -0.4 is 0 Å². The van der Waals surface area contributed by atoms with Crippen LogP contribution in [0.2, 0.25) is 0 Å². The Morgan fingerprint density at radius 2 is 1.75 bits per heavy atom. The van der Waals surface area contributed by atoms with Gasteiger partial charge in [-0.1, -0.05) is 40.7 Å². The number of hydrogen-bond donors (Lipinski definition) is 0. The molecule has 8 heavy (non-hydrogen) atoms. The molecule has 0 atom stereocenters. The van der Waals surface area contributed by atoms with E-state index in [0.29, 0.717) is 0 Å². The quantitative estimate of drug-likeness (QED) is 0.486. The van der Waals surface area contributed by atoms with Gasteiger partial charge in [-0.05, 0) is 11.6 Å². The third-order valence-corrected chi connectivity index (χ3v) is 3.28. The van der Waals surface area contributed by atoms with Crippen LogP contribution >= 0.6 is 28.1 Å². The van der Waals surface area contributed by atoms with E-state index in [9.17, 15) is 0 Å². The van der Waals surface area contributed by atoms with Gasteiger partial charge >= 0.3 is 0 Å². The molecule has 0 saturated carbocycles. The molecule has 0 unspecified atom stereocenters. The monoisotopic (exact) mass is 166 g/mol. The van der Waals surface area contributed by atoms with E-state index < -0.39 is 5.59 Å². The summed E-state index contributed by atoms with van der Waals surface area (Å²) in [6, 6.07) is 0. The zero-order chi connectivity index (χ0) is 6.04. The van der Waals surface area contributed by atoms with E-state index in [1.807, 2.05) is 29.8 Å². The lowest BCUT2D eigenvalue weighted by molar-refractivity contribution is 2.06. The van der Waals surface area contributed by atoms with Crippen molar-refractivity contribution in [1.29, 1.82) is 0 Å². The number of rotatable bonds is 0. The van der Waals surface area contributed by atoms with E-state index in [4.69, 9.17) is 22.5 Å². The first-order valence-corrected chi connectivity index (χ1v) is 5.93. The fourth-order valence-electron chi connectivity index (χ4n) is 0.443. The lowest BCUT2D eigenvalue weighted by Gasteiger charge is -2.01. The van der Waals surface area contributed by atoms with Crippen LogP contribution in [-0.4, -0.2) is 5.80 Å². The summed E-state index contributed by atoms with van der Waals surface area (Å²) in [4.78, 5) is 0. The fourth-order valence-corrected chi connectivity index (χ4v) is 1.98. The normalized spacial score (nSPS) is 22.8. The predicted molar refractivity (Wildman–Crippen MR) is 43.0 cm³/mol. The van der Waals surface area contributed by atoms with Gasteiger partial charge in [0.1, 0.15) is 0 Å². The van der Waals surface area contributed by atoms with E-state index in [1.165, 1.54) is 0 Å². The van der Waals surface area contributed by atoms with Crippen molar-refractivity contribution in [3.8, 4) is 0 Å². The molecule has 0 bridgehead atoms. The van der Waals surface area contributed by atoms with Gasteiger partial charge in [0.05, 0.1) is 5.59 Å². The third kappa shape index (κ3) is 1.70. The van der Waals surface area contributed by atoms with Crippen LogP contribution in [0.25, 0.3) is 0 Å². The summed E-state index contributed by atoms with van der Waals surface area (Å²) in [5, 5.41) is 0. The Morgan fingerprint density at radius 1 is 1.00 bits per heavy atom. The van der Waals surface area contributed by atoms with Crippen LogP contribution in [0.3, 0.4) is 0 Å². The summed E-state index contributed by atoms with van der Waals surface area (Å²) in [5.41, 5.74) is -1.78. The Hall–Kier alpha value is 0.360. The fraction of sp³-hybridized carbons (Fsp3) is 0. The molecule has 0 amide bonds. The van der Waals surface area contributed by atoms with Gasteiger partial charge in [0.2, 0.25) is 0 Å². The lowest BCUT2D eigenvalue weighted by Crippen LogP contribution is -1.67. The zero-order valence-electron chi connectivity index (χ0n) is 4.09. The second-order valence-corrected chi connectivity index (χ2v) is 7.16. The van der Waals surface area contributed by atoms with Crippen molar-refractivity contribution in [2.75, 3.05) is 0 Å². The molecule has 0 saturated heterocycles. The number of halogens is 2. The van der Waals surface area contributed by atoms with E-state index in [0.717, 1.165) is 0 Å². The smallest absolute Gasteiger partial charge is 0.0761 e. The highest BCUT2D eigenvalue weighted by molar-refractivity contribution is 8.17. The molecule has 0 fully saturated rings. The van der Waals surface area contributed by atoms with Gasteiger partial charge in [0, 0.05) is 0 Å². The largest absolute Gasteiger partial charge is 0.0821 e. The van der Waals surface area contributed by atoms with Crippen LogP contribution in [0.1, 0.15) is 0 Å². The number of allylic oxidation sites excluding steroid dienone is 3. The minimum atomic E-state index is -1.78. The van der Waals surface area contributed by atoms with E-state index in [1.54, 1.807) is 0 Å². The molecule has 0 spiro atoms. The lowest BCUT2D eigenvalue weighted by atomic mass is 10.5. The van der Waals surface area contributed by atoms with Gasteiger partial charge in [0.25, 0.3) is 0 Å². The first-order valence-electron chi connectivity index (χ1n) is 2.19. The first-order chi connectivity index (χ1) is 3.71. The second-order valence-electron chi connectivity index (χ2n) is 1.48. The molecule has 1 rings (SSSR count). The van der Waals surface area contributed by atoms with Crippen LogP contribution in [0.5, 0.6) is 0 Å². The molecule has 0 aromatic rings. The van der Waals surface area contributed by atoms with Gasteiger partial charge in [0.15, 0.2) is 0 Å². The summed E-state index contributed by atoms with van der Waals surface area (Å²) in [7, 11) is 0. The third-order valence-electron chi connectivity index (χ3n) is 0.792. The minimum Gasteiger partial charge on any atom is -0.0761 e. The Kier molecular flexibility index (Phi) is 1.87. The molecule has 0 N–H and O–H groups in total. The van der Waals surface area contributed by atoms with Crippen LogP contribution in [0.4, 0.5) is 0 Å². The average Bonchev–Trinajstić information content (AvgIpc) is 1.65. The molecule has 0 radical (unpaired) electrons. The molecule has 0 nitrogen and oxygen atoms in total. The average molecular weight is 167 g/mol. The zero-order valence-corrected chi connectivity index (χ0v) is 6.50. The molecule has 0 aliphatic carbocycles. The van der Waals surface area contributed by atoms with Crippen molar-refractivity contribution < 1.29 is 0 Å². The highest BCUT2D eigenvalue weighted by atomic mass is 35.9. The molecule has 1 heterocycles. The van der Waals surface area contributed by atoms with Gasteiger partial charge in [-0.25, -0.2) is 0 Å². The Bertz CT molecular complexity index is 185. The maximum atomic E-state index is 5.75. The topological polar surface area (TPSA) is 0 Å². The molecule has 1 aliphatic heterocycles. The summed E-state index contributed by atoms with van der Waals surface area (Å²) < 4.78 is 0. The van der Waals surface area contributed by atoms with E-state index in [2.05, 4.69) is 0 Å². The van der Waals surface area contributed by atoms with Gasteiger partial charge in [-0.2, -0.15) is 0 Å². The predicted octanol–water partition coefficient (Wildman–Crippen LogP) is 3.20. The van der Waals surface area contributed by atoms with Crippen molar-refractivity contribution in [2.45, 2.75) is 0 Å². The number of hydrogen-bond acceptors (Lipinski definition) is 0. The molecule has 1 aliphatic rings. The second kappa shape index (κ2) is 2.31. The van der Waals surface area contributed by atoms with Gasteiger partial charge in [-0.3, -0.25) is 0 Å². The minimum absolute atomic E-state index is 1.78. The SMILES string of the molecule is ClP1(Cl)=CC=CC=C1. The van der Waals surface area contributed by atoms with Crippen molar-refractivity contribution in [1.82, 2.24) is 0 Å². The van der Waals surface area contributed by atoms with Crippen LogP contribution in [0, 0.1) is 0 Å². The molecule has 0 aromatic carbocycles. The van der Waals surface area contributed by atoms with Crippen molar-refractivity contribution in [2.24, 2.45) is 0 Å². The van der Waals surface area contributed by atoms with Crippen LogP contribution in [-0.2, 0) is 0 Å². The van der Waals surface area contributed by atoms with Gasteiger partial charge < -0.3 is 0 Å². The molecule has 3 heteroatoms. The molecule has 44 valence electrons. The van der Waals surface area contributed by atoms with Crippen LogP contribution in [0.15, 0.2) is 24.0 Å². The maximum absolute atomic E-state index is 5.75. The highest BCUT2D eigenvalue weighted by Crippen LogP contribution is 2.59. The summed E-state index contributed by atoms with van der Waals surface area (Å²) in [6.07, 6.45) is 5.64. The standard InChI is InChI=1S/C5H5Cl2P/c6-8(7)4-2-1-3-5-8/h1-5H. The van der Waals surface area contributed by atoms with Crippen molar-refractivity contribution in [3.63, 3.8) is 0 Å². The maximum Gasteiger partial charge on any atom is 0.0821 e. The Labute approximate surface area is 58.3 Å². The summed E-state index contributed by atoms with van der Waals surface area (Å²) in [6.45, 7) is 0.